The highest BCUT2D eigenvalue weighted by molar-refractivity contribution is 7.89. The molecule has 0 spiro atoms. The molecule has 0 aliphatic carbocycles. The molecular formula is C16H24N2O5S. The Kier molecular flexibility index (Phi) is 6.34. The topological polar surface area (TPSA) is 93.7 Å². The molecule has 1 aromatic rings. The third-order valence-corrected chi connectivity index (χ3v) is 5.79. The number of benzene rings is 1. The second-order valence-electron chi connectivity index (χ2n) is 6.00. The van der Waals surface area contributed by atoms with E-state index in [-0.39, 0.29) is 22.4 Å². The number of methoxy groups -OCH3 is 2. The van der Waals surface area contributed by atoms with Gasteiger partial charge >= 0.3 is 5.97 Å². The van der Waals surface area contributed by atoms with Gasteiger partial charge in [-0.2, -0.15) is 0 Å². The van der Waals surface area contributed by atoms with E-state index in [1.807, 2.05) is 0 Å². The Hall–Kier alpha value is -1.48. The first-order valence-corrected chi connectivity index (χ1v) is 9.29. The molecule has 0 atom stereocenters. The van der Waals surface area contributed by atoms with Crippen molar-refractivity contribution in [3.63, 3.8) is 0 Å². The lowest BCUT2D eigenvalue weighted by Crippen LogP contribution is -2.47. The van der Waals surface area contributed by atoms with E-state index in [4.69, 9.17) is 4.74 Å². The van der Waals surface area contributed by atoms with Crippen LogP contribution in [-0.4, -0.2) is 54.8 Å². The molecule has 0 unspecified atom stereocenters. The molecule has 0 amide bonds. The van der Waals surface area contributed by atoms with Gasteiger partial charge in [-0.05, 0) is 38.1 Å². The molecule has 1 aliphatic heterocycles. The monoisotopic (exact) mass is 356 g/mol. The molecule has 1 fully saturated rings. The number of carbonyl (C=O) groups excluding carboxylic acids is 1. The summed E-state index contributed by atoms with van der Waals surface area (Å²) >= 11 is 0. The van der Waals surface area contributed by atoms with Crippen LogP contribution in [0.1, 0.15) is 23.2 Å². The Morgan fingerprint density at radius 2 is 1.92 bits per heavy atom. The molecule has 0 aromatic heterocycles. The molecule has 1 aromatic carbocycles. The van der Waals surface area contributed by atoms with Crippen LogP contribution >= 0.6 is 0 Å². The maximum atomic E-state index is 12.7. The Morgan fingerprint density at radius 1 is 1.25 bits per heavy atom. The summed E-state index contributed by atoms with van der Waals surface area (Å²) in [5.74, 6) is -0.676. The largest absolute Gasteiger partial charge is 0.465 e. The number of piperidine rings is 1. The van der Waals surface area contributed by atoms with Crippen LogP contribution in [0.25, 0.3) is 0 Å². The van der Waals surface area contributed by atoms with Gasteiger partial charge in [0.1, 0.15) is 0 Å². The molecule has 2 N–H and O–H groups in total. The molecule has 7 nitrogen and oxygen atoms in total. The normalized spacial score (nSPS) is 17.4. The summed E-state index contributed by atoms with van der Waals surface area (Å²) in [6.45, 7) is 2.39. The van der Waals surface area contributed by atoms with Gasteiger partial charge in [0.15, 0.2) is 0 Å². The van der Waals surface area contributed by atoms with Gasteiger partial charge in [0, 0.05) is 19.1 Å². The van der Waals surface area contributed by atoms with E-state index in [2.05, 4.69) is 14.8 Å². The molecular weight excluding hydrogens is 332 g/mol. The summed E-state index contributed by atoms with van der Waals surface area (Å²) in [4.78, 5) is 11.7. The first kappa shape index (κ1) is 18.9. The van der Waals surface area contributed by atoms with E-state index in [1.54, 1.807) is 19.2 Å². The minimum atomic E-state index is -3.83. The number of nitrogens with one attached hydrogen (secondary N) is 2. The van der Waals surface area contributed by atoms with Crippen molar-refractivity contribution in [3.8, 4) is 0 Å². The first-order chi connectivity index (χ1) is 11.4. The van der Waals surface area contributed by atoms with Gasteiger partial charge in [-0.3, -0.25) is 0 Å². The zero-order valence-electron chi connectivity index (χ0n) is 14.0. The van der Waals surface area contributed by atoms with Crippen LogP contribution in [0, 0.1) is 5.41 Å². The molecule has 2 rings (SSSR count). The van der Waals surface area contributed by atoms with Crippen molar-refractivity contribution < 1.29 is 22.7 Å². The summed E-state index contributed by atoms with van der Waals surface area (Å²) in [5, 5.41) is 3.26. The second-order valence-corrected chi connectivity index (χ2v) is 7.73. The Labute approximate surface area is 142 Å². The van der Waals surface area contributed by atoms with Gasteiger partial charge in [-0.25, -0.2) is 17.9 Å². The lowest BCUT2D eigenvalue weighted by atomic mass is 9.80. The molecule has 0 radical (unpaired) electrons. The SMILES string of the molecule is COCC1(CNS(=O)(=O)c2ccccc2C(=O)OC)CCNCC1. The van der Waals surface area contributed by atoms with E-state index >= 15 is 0 Å². The number of carbonyl (C=O) groups is 1. The molecule has 1 saturated heterocycles. The highest BCUT2D eigenvalue weighted by atomic mass is 32.2. The molecule has 0 bridgehead atoms. The van der Waals surface area contributed by atoms with E-state index in [9.17, 15) is 13.2 Å². The van der Waals surface area contributed by atoms with E-state index in [1.165, 1.54) is 19.2 Å². The van der Waals surface area contributed by atoms with Crippen LogP contribution in [0.5, 0.6) is 0 Å². The van der Waals surface area contributed by atoms with E-state index in [0.29, 0.717) is 6.61 Å². The van der Waals surface area contributed by atoms with Crippen molar-refractivity contribution in [2.45, 2.75) is 17.7 Å². The maximum Gasteiger partial charge on any atom is 0.339 e. The van der Waals surface area contributed by atoms with Crippen LogP contribution in [0.15, 0.2) is 29.2 Å². The highest BCUT2D eigenvalue weighted by Crippen LogP contribution is 2.29. The van der Waals surface area contributed by atoms with Crippen molar-refractivity contribution in [3.05, 3.63) is 29.8 Å². The lowest BCUT2D eigenvalue weighted by molar-refractivity contribution is 0.0576. The van der Waals surface area contributed by atoms with Crippen molar-refractivity contribution in [2.75, 3.05) is 40.5 Å². The summed E-state index contributed by atoms with van der Waals surface area (Å²) in [6.07, 6.45) is 1.64. The molecule has 1 aliphatic rings. The fourth-order valence-corrected chi connectivity index (χ4v) is 4.29. The maximum absolute atomic E-state index is 12.7. The molecule has 8 heteroatoms. The number of hydrogen-bond donors (Lipinski definition) is 2. The molecule has 0 saturated carbocycles. The third-order valence-electron chi connectivity index (χ3n) is 4.33. The quantitative estimate of drug-likeness (QED) is 0.701. The predicted octanol–water partition coefficient (Wildman–Crippen LogP) is 0.768. The van der Waals surface area contributed by atoms with Gasteiger partial charge in [0.25, 0.3) is 0 Å². The fourth-order valence-electron chi connectivity index (χ4n) is 2.94. The summed E-state index contributed by atoms with van der Waals surface area (Å²) in [7, 11) is -0.989. The van der Waals surface area contributed by atoms with Gasteiger partial charge in [0.05, 0.1) is 24.2 Å². The van der Waals surface area contributed by atoms with Crippen LogP contribution in [0.4, 0.5) is 0 Å². The molecule has 134 valence electrons. The average Bonchev–Trinajstić information content (AvgIpc) is 2.61. The lowest BCUT2D eigenvalue weighted by Gasteiger charge is -2.37. The van der Waals surface area contributed by atoms with Crippen LogP contribution in [-0.2, 0) is 19.5 Å². The standard InChI is InChI=1S/C16H24N2O5S/c1-22-12-16(7-9-17-10-8-16)11-18-24(20,21)14-6-4-3-5-13(14)15(19)23-2/h3-6,17-18H,7-12H2,1-2H3. The minimum Gasteiger partial charge on any atom is -0.465 e. The second kappa shape index (κ2) is 8.06. The van der Waals surface area contributed by atoms with Crippen molar-refractivity contribution in [1.29, 1.82) is 0 Å². The van der Waals surface area contributed by atoms with Crippen molar-refractivity contribution >= 4 is 16.0 Å². The van der Waals surface area contributed by atoms with E-state index < -0.39 is 16.0 Å². The third kappa shape index (κ3) is 4.32. The van der Waals surface area contributed by atoms with Crippen molar-refractivity contribution in [2.24, 2.45) is 5.41 Å². The number of ether oxygens (including phenoxy) is 2. The first-order valence-electron chi connectivity index (χ1n) is 7.81. The number of esters is 1. The predicted molar refractivity (Wildman–Crippen MR) is 89.4 cm³/mol. The van der Waals surface area contributed by atoms with E-state index in [0.717, 1.165) is 25.9 Å². The molecule has 24 heavy (non-hydrogen) atoms. The number of sulfonamides is 1. The zero-order valence-corrected chi connectivity index (χ0v) is 14.8. The Balaban J connectivity index is 2.21. The van der Waals surface area contributed by atoms with Gasteiger partial charge in [-0.15, -0.1) is 0 Å². The van der Waals surface area contributed by atoms with Crippen molar-refractivity contribution in [1.82, 2.24) is 10.0 Å². The number of rotatable bonds is 7. The highest BCUT2D eigenvalue weighted by Gasteiger charge is 2.34. The van der Waals surface area contributed by atoms with Gasteiger partial charge in [-0.1, -0.05) is 12.1 Å². The summed E-state index contributed by atoms with van der Waals surface area (Å²) in [6, 6.07) is 6.02. The van der Waals surface area contributed by atoms with Gasteiger partial charge < -0.3 is 14.8 Å². The smallest absolute Gasteiger partial charge is 0.339 e. The van der Waals surface area contributed by atoms with Crippen LogP contribution in [0.2, 0.25) is 0 Å². The molecule has 1 heterocycles. The van der Waals surface area contributed by atoms with Crippen LogP contribution in [0.3, 0.4) is 0 Å². The van der Waals surface area contributed by atoms with Gasteiger partial charge in [0.2, 0.25) is 10.0 Å². The Bertz CT molecular complexity index is 663. The summed E-state index contributed by atoms with van der Waals surface area (Å²) < 4.78 is 38.0. The zero-order chi connectivity index (χ0) is 17.6. The van der Waals surface area contributed by atoms with Crippen LogP contribution < -0.4 is 10.0 Å². The summed E-state index contributed by atoms with van der Waals surface area (Å²) in [5.41, 5.74) is -0.216. The average molecular weight is 356 g/mol. The number of hydrogen-bond acceptors (Lipinski definition) is 6. The minimum absolute atomic E-state index is 0.0265. The Morgan fingerprint density at radius 3 is 2.54 bits per heavy atom. The fraction of sp³-hybridized carbons (Fsp3) is 0.562.